The molecule has 5 nitrogen and oxygen atoms in total. The Hall–Kier alpha value is -2.15. The third-order valence-corrected chi connectivity index (χ3v) is 6.96. The molecule has 0 saturated carbocycles. The molecule has 180 valence electrons. The van der Waals surface area contributed by atoms with Gasteiger partial charge in [-0.3, -0.25) is 9.80 Å². The van der Waals surface area contributed by atoms with Crippen LogP contribution in [0.5, 0.6) is 11.5 Å². The van der Waals surface area contributed by atoms with E-state index in [9.17, 15) is 4.39 Å². The molecule has 0 bridgehead atoms. The number of benzene rings is 2. The number of nitrogens with zero attached hydrogens (tertiary/aromatic N) is 2. The number of halogens is 1. The van der Waals surface area contributed by atoms with Gasteiger partial charge in [-0.15, -0.1) is 0 Å². The van der Waals surface area contributed by atoms with Crippen LogP contribution in [-0.2, 0) is 11.3 Å². The summed E-state index contributed by atoms with van der Waals surface area (Å²) in [5.41, 5.74) is 0.902. The highest BCUT2D eigenvalue weighted by molar-refractivity contribution is 5.27. The van der Waals surface area contributed by atoms with Crippen molar-refractivity contribution in [3.8, 4) is 11.5 Å². The van der Waals surface area contributed by atoms with Crippen LogP contribution >= 0.6 is 0 Å². The van der Waals surface area contributed by atoms with E-state index in [1.807, 2.05) is 0 Å². The standard InChI is InChI=1S/C27H37FN2O3/c1-31-27(22-33-26-8-3-2-7-25(26)28)13-6-17-30(18-14-27)21-23-9-11-24(12-10-23)32-20-19-29-15-4-5-16-29/h2-3,7-12H,4-6,13-22H2,1H3/t27-/m1/s1. The lowest BCUT2D eigenvalue weighted by molar-refractivity contribution is -0.0548. The van der Waals surface area contributed by atoms with Crippen LogP contribution in [0.15, 0.2) is 48.5 Å². The number of para-hydroxylation sites is 1. The molecule has 2 aliphatic heterocycles. The Labute approximate surface area is 197 Å². The quantitative estimate of drug-likeness (QED) is 0.515. The molecule has 0 spiro atoms. The number of methoxy groups -OCH3 is 1. The molecule has 0 amide bonds. The fourth-order valence-corrected chi connectivity index (χ4v) is 4.81. The van der Waals surface area contributed by atoms with Gasteiger partial charge in [0.1, 0.15) is 24.6 Å². The summed E-state index contributed by atoms with van der Waals surface area (Å²) in [5.74, 6) is 0.901. The van der Waals surface area contributed by atoms with Gasteiger partial charge in [-0.2, -0.15) is 0 Å². The third-order valence-electron chi connectivity index (χ3n) is 6.96. The summed E-state index contributed by atoms with van der Waals surface area (Å²) >= 11 is 0. The lowest BCUT2D eigenvalue weighted by Gasteiger charge is -2.31. The highest BCUT2D eigenvalue weighted by Crippen LogP contribution is 2.29. The molecule has 2 saturated heterocycles. The summed E-state index contributed by atoms with van der Waals surface area (Å²) in [7, 11) is 1.74. The number of hydrogen-bond acceptors (Lipinski definition) is 5. The van der Waals surface area contributed by atoms with Crippen molar-refractivity contribution in [2.45, 2.75) is 44.2 Å². The zero-order valence-corrected chi connectivity index (χ0v) is 19.8. The zero-order valence-electron chi connectivity index (χ0n) is 19.8. The van der Waals surface area contributed by atoms with Gasteiger partial charge >= 0.3 is 0 Å². The first-order valence-electron chi connectivity index (χ1n) is 12.2. The molecule has 0 N–H and O–H groups in total. The van der Waals surface area contributed by atoms with E-state index in [0.29, 0.717) is 6.61 Å². The van der Waals surface area contributed by atoms with Crippen molar-refractivity contribution in [1.29, 1.82) is 0 Å². The van der Waals surface area contributed by atoms with E-state index < -0.39 is 0 Å². The highest BCUT2D eigenvalue weighted by Gasteiger charge is 2.34. The Kier molecular flexibility index (Phi) is 8.59. The molecule has 6 heteroatoms. The summed E-state index contributed by atoms with van der Waals surface area (Å²) in [5, 5.41) is 0. The van der Waals surface area contributed by atoms with Gasteiger partial charge in [0, 0.05) is 26.7 Å². The summed E-state index contributed by atoms with van der Waals surface area (Å²) in [6.45, 7) is 7.37. The van der Waals surface area contributed by atoms with Gasteiger partial charge in [0.2, 0.25) is 0 Å². The van der Waals surface area contributed by atoms with Crippen molar-refractivity contribution in [2.75, 3.05) is 53.0 Å². The van der Waals surface area contributed by atoms with Crippen LogP contribution in [0.3, 0.4) is 0 Å². The van der Waals surface area contributed by atoms with Crippen molar-refractivity contribution in [3.63, 3.8) is 0 Å². The van der Waals surface area contributed by atoms with Gasteiger partial charge < -0.3 is 14.2 Å². The van der Waals surface area contributed by atoms with E-state index in [1.165, 1.54) is 37.6 Å². The van der Waals surface area contributed by atoms with Gasteiger partial charge in [0.05, 0.1) is 0 Å². The van der Waals surface area contributed by atoms with Crippen LogP contribution in [0.1, 0.15) is 37.7 Å². The molecule has 0 unspecified atom stereocenters. The molecule has 2 aromatic carbocycles. The van der Waals surface area contributed by atoms with Gasteiger partial charge in [-0.1, -0.05) is 24.3 Å². The van der Waals surface area contributed by atoms with Gasteiger partial charge in [-0.05, 0) is 81.6 Å². The van der Waals surface area contributed by atoms with Crippen LogP contribution < -0.4 is 9.47 Å². The molecular formula is C27H37FN2O3. The minimum absolute atomic E-state index is 0.290. The SMILES string of the molecule is CO[C@]1(COc2ccccc2F)CCCN(Cc2ccc(OCCN3CCCC3)cc2)CC1. The van der Waals surface area contributed by atoms with E-state index in [0.717, 1.165) is 57.8 Å². The molecule has 4 rings (SSSR count). The molecule has 2 aromatic rings. The predicted octanol–water partition coefficient (Wildman–Crippen LogP) is 4.75. The van der Waals surface area contributed by atoms with E-state index >= 15 is 0 Å². The van der Waals surface area contributed by atoms with Crippen molar-refractivity contribution < 1.29 is 18.6 Å². The van der Waals surface area contributed by atoms with Crippen molar-refractivity contribution >= 4 is 0 Å². The molecule has 2 aliphatic rings. The van der Waals surface area contributed by atoms with Crippen LogP contribution in [0, 0.1) is 5.82 Å². The van der Waals surface area contributed by atoms with E-state index in [-0.39, 0.29) is 17.2 Å². The van der Waals surface area contributed by atoms with E-state index in [4.69, 9.17) is 14.2 Å². The minimum Gasteiger partial charge on any atom is -0.492 e. The molecule has 1 atom stereocenters. The van der Waals surface area contributed by atoms with Crippen LogP contribution in [0.25, 0.3) is 0 Å². The van der Waals surface area contributed by atoms with Gasteiger partial charge in [0.15, 0.2) is 11.6 Å². The smallest absolute Gasteiger partial charge is 0.165 e. The second kappa shape index (κ2) is 11.8. The second-order valence-electron chi connectivity index (χ2n) is 9.28. The topological polar surface area (TPSA) is 34.2 Å². The summed E-state index contributed by atoms with van der Waals surface area (Å²) < 4.78 is 31.6. The second-order valence-corrected chi connectivity index (χ2v) is 9.28. The normalized spacial score (nSPS) is 22.2. The largest absolute Gasteiger partial charge is 0.492 e. The molecule has 0 aromatic heterocycles. The average Bonchev–Trinajstić information content (AvgIpc) is 3.27. The van der Waals surface area contributed by atoms with Gasteiger partial charge in [-0.25, -0.2) is 4.39 Å². The number of ether oxygens (including phenoxy) is 3. The first-order chi connectivity index (χ1) is 16.2. The molecular weight excluding hydrogens is 419 g/mol. The Morgan fingerprint density at radius 2 is 1.61 bits per heavy atom. The van der Waals surface area contributed by atoms with Crippen LogP contribution in [-0.4, -0.2) is 68.4 Å². The maximum Gasteiger partial charge on any atom is 0.165 e. The lowest BCUT2D eigenvalue weighted by atomic mass is 9.95. The first-order valence-corrected chi connectivity index (χ1v) is 12.2. The number of hydrogen-bond donors (Lipinski definition) is 0. The lowest BCUT2D eigenvalue weighted by Crippen LogP contribution is -2.39. The fourth-order valence-electron chi connectivity index (χ4n) is 4.81. The third kappa shape index (κ3) is 6.92. The molecule has 2 fully saturated rings. The van der Waals surface area contributed by atoms with Gasteiger partial charge in [0.25, 0.3) is 0 Å². The molecule has 0 radical (unpaired) electrons. The van der Waals surface area contributed by atoms with Crippen molar-refractivity contribution in [3.05, 3.63) is 59.9 Å². The highest BCUT2D eigenvalue weighted by atomic mass is 19.1. The van der Waals surface area contributed by atoms with E-state index in [1.54, 1.807) is 25.3 Å². The summed E-state index contributed by atoms with van der Waals surface area (Å²) in [4.78, 5) is 4.93. The Morgan fingerprint density at radius 1 is 0.848 bits per heavy atom. The fraction of sp³-hybridized carbons (Fsp3) is 0.556. The molecule has 2 heterocycles. The first kappa shape index (κ1) is 24.0. The molecule has 0 aliphatic carbocycles. The summed E-state index contributed by atoms with van der Waals surface area (Å²) in [6.07, 6.45) is 5.41. The van der Waals surface area contributed by atoms with E-state index in [2.05, 4.69) is 34.1 Å². The Bertz CT molecular complexity index is 857. The average molecular weight is 457 g/mol. The van der Waals surface area contributed by atoms with Crippen LogP contribution in [0.2, 0.25) is 0 Å². The maximum atomic E-state index is 13.9. The Balaban J connectivity index is 1.24. The monoisotopic (exact) mass is 456 g/mol. The predicted molar refractivity (Wildman–Crippen MR) is 128 cm³/mol. The zero-order chi connectivity index (χ0) is 22.9. The Morgan fingerprint density at radius 3 is 2.36 bits per heavy atom. The van der Waals surface area contributed by atoms with Crippen LogP contribution in [0.4, 0.5) is 4.39 Å². The van der Waals surface area contributed by atoms with Crippen molar-refractivity contribution in [1.82, 2.24) is 9.80 Å². The maximum absolute atomic E-state index is 13.9. The number of rotatable bonds is 10. The number of likely N-dealkylation sites (tertiary alicyclic amines) is 2. The summed E-state index contributed by atoms with van der Waals surface area (Å²) in [6, 6.07) is 15.1. The minimum atomic E-state index is -0.385. The molecule has 33 heavy (non-hydrogen) atoms. The van der Waals surface area contributed by atoms with Crippen molar-refractivity contribution in [2.24, 2.45) is 0 Å².